The van der Waals surface area contributed by atoms with Gasteiger partial charge in [-0.2, -0.15) is 0 Å². The van der Waals surface area contributed by atoms with Crippen LogP contribution in [0.3, 0.4) is 0 Å². The molecule has 0 aromatic heterocycles. The first-order valence-corrected chi connectivity index (χ1v) is 7.93. The molecule has 1 atom stereocenters. The van der Waals surface area contributed by atoms with Crippen molar-refractivity contribution in [2.45, 2.75) is 31.8 Å². The van der Waals surface area contributed by atoms with Crippen LogP contribution in [0, 0.1) is 0 Å². The number of hydrogen-bond acceptors (Lipinski definition) is 3. The summed E-state index contributed by atoms with van der Waals surface area (Å²) in [7, 11) is 1.72. The van der Waals surface area contributed by atoms with E-state index in [-0.39, 0.29) is 0 Å². The highest BCUT2D eigenvalue weighted by Gasteiger charge is 2.29. The van der Waals surface area contributed by atoms with Gasteiger partial charge in [-0.1, -0.05) is 24.1 Å². The van der Waals surface area contributed by atoms with Gasteiger partial charge in [0.25, 0.3) is 0 Å². The van der Waals surface area contributed by atoms with Crippen molar-refractivity contribution in [2.24, 2.45) is 0 Å². The summed E-state index contributed by atoms with van der Waals surface area (Å²) in [6, 6.07) is 6.64. The first-order valence-electron chi connectivity index (χ1n) is 7.55. The number of benzene rings is 1. The van der Waals surface area contributed by atoms with Gasteiger partial charge in [0.2, 0.25) is 0 Å². The predicted octanol–water partition coefficient (Wildman–Crippen LogP) is 3.02. The fourth-order valence-corrected chi connectivity index (χ4v) is 3.70. The Morgan fingerprint density at radius 3 is 3.00 bits per heavy atom. The standard InChI is InChI=1S/C16H23ClN2O/c1-20-16-7-4-6-15(17)14(16)12-18-9-10-19-8-3-2-5-13(19)11-18/h4,6-7,13H,2-3,5,8-12H2,1H3. The lowest BCUT2D eigenvalue weighted by atomic mass is 9.99. The number of piperazine rings is 1. The second-order valence-corrected chi connectivity index (χ2v) is 6.25. The first-order chi connectivity index (χ1) is 9.78. The summed E-state index contributed by atoms with van der Waals surface area (Å²) in [5, 5.41) is 0.815. The predicted molar refractivity (Wildman–Crippen MR) is 82.5 cm³/mol. The third kappa shape index (κ3) is 2.95. The highest BCUT2D eigenvalue weighted by atomic mass is 35.5. The number of ether oxygens (including phenoxy) is 1. The molecule has 110 valence electrons. The van der Waals surface area contributed by atoms with Gasteiger partial charge in [-0.05, 0) is 31.5 Å². The van der Waals surface area contributed by atoms with Crippen molar-refractivity contribution in [3.63, 3.8) is 0 Å². The quantitative estimate of drug-likeness (QED) is 0.852. The average molecular weight is 295 g/mol. The molecule has 0 aliphatic carbocycles. The van der Waals surface area contributed by atoms with Crippen LogP contribution in [-0.4, -0.2) is 49.1 Å². The Morgan fingerprint density at radius 2 is 2.15 bits per heavy atom. The van der Waals surface area contributed by atoms with E-state index < -0.39 is 0 Å². The van der Waals surface area contributed by atoms with Crippen LogP contribution in [0.2, 0.25) is 5.02 Å². The van der Waals surface area contributed by atoms with Crippen molar-refractivity contribution < 1.29 is 4.74 Å². The summed E-state index contributed by atoms with van der Waals surface area (Å²) < 4.78 is 5.45. The molecule has 0 amide bonds. The Bertz CT molecular complexity index is 466. The molecule has 0 radical (unpaired) electrons. The smallest absolute Gasteiger partial charge is 0.124 e. The maximum atomic E-state index is 6.35. The van der Waals surface area contributed by atoms with Gasteiger partial charge >= 0.3 is 0 Å². The minimum atomic E-state index is 0.742. The molecular formula is C16H23ClN2O. The van der Waals surface area contributed by atoms with Gasteiger partial charge in [-0.15, -0.1) is 0 Å². The molecule has 0 bridgehead atoms. The summed E-state index contributed by atoms with van der Waals surface area (Å²) in [6.45, 7) is 5.66. The number of nitrogens with zero attached hydrogens (tertiary/aromatic N) is 2. The Balaban J connectivity index is 1.69. The monoisotopic (exact) mass is 294 g/mol. The van der Waals surface area contributed by atoms with Crippen molar-refractivity contribution in [1.29, 1.82) is 0 Å². The van der Waals surface area contributed by atoms with E-state index in [2.05, 4.69) is 9.80 Å². The zero-order chi connectivity index (χ0) is 13.9. The largest absolute Gasteiger partial charge is 0.496 e. The summed E-state index contributed by atoms with van der Waals surface area (Å²) in [5.74, 6) is 0.906. The van der Waals surface area contributed by atoms with Crippen LogP contribution in [-0.2, 0) is 6.54 Å². The van der Waals surface area contributed by atoms with E-state index >= 15 is 0 Å². The summed E-state index contributed by atoms with van der Waals surface area (Å²) >= 11 is 6.35. The Hall–Kier alpha value is -0.770. The van der Waals surface area contributed by atoms with Gasteiger partial charge in [-0.3, -0.25) is 9.80 Å². The SMILES string of the molecule is COc1cccc(Cl)c1CN1CCN2CCCCC2C1. The van der Waals surface area contributed by atoms with E-state index in [1.54, 1.807) is 7.11 Å². The molecule has 1 aromatic rings. The highest BCUT2D eigenvalue weighted by molar-refractivity contribution is 6.31. The zero-order valence-corrected chi connectivity index (χ0v) is 12.9. The number of methoxy groups -OCH3 is 1. The fraction of sp³-hybridized carbons (Fsp3) is 0.625. The third-order valence-corrected chi connectivity index (χ3v) is 4.95. The average Bonchev–Trinajstić information content (AvgIpc) is 2.49. The Kier molecular flexibility index (Phi) is 4.49. The molecule has 3 rings (SSSR count). The van der Waals surface area contributed by atoms with E-state index in [0.717, 1.165) is 42.0 Å². The van der Waals surface area contributed by atoms with Crippen LogP contribution in [0.5, 0.6) is 5.75 Å². The first kappa shape index (κ1) is 14.2. The molecular weight excluding hydrogens is 272 g/mol. The molecule has 0 saturated carbocycles. The van der Waals surface area contributed by atoms with Crippen molar-refractivity contribution in [3.8, 4) is 5.75 Å². The fourth-order valence-electron chi connectivity index (χ4n) is 3.47. The second-order valence-electron chi connectivity index (χ2n) is 5.84. The number of rotatable bonds is 3. The molecule has 1 aromatic carbocycles. The van der Waals surface area contributed by atoms with Crippen LogP contribution < -0.4 is 4.74 Å². The summed E-state index contributed by atoms with van der Waals surface area (Å²) in [5.41, 5.74) is 1.13. The van der Waals surface area contributed by atoms with Crippen LogP contribution in [0.1, 0.15) is 24.8 Å². The van der Waals surface area contributed by atoms with E-state index in [9.17, 15) is 0 Å². The van der Waals surface area contributed by atoms with Crippen molar-refractivity contribution in [1.82, 2.24) is 9.80 Å². The van der Waals surface area contributed by atoms with Gasteiger partial charge in [0.1, 0.15) is 5.75 Å². The summed E-state index contributed by atoms with van der Waals surface area (Å²) in [6.07, 6.45) is 4.09. The molecule has 1 unspecified atom stereocenters. The van der Waals surface area contributed by atoms with Crippen LogP contribution >= 0.6 is 11.6 Å². The molecule has 20 heavy (non-hydrogen) atoms. The van der Waals surface area contributed by atoms with Crippen LogP contribution in [0.15, 0.2) is 18.2 Å². The molecule has 2 aliphatic rings. The van der Waals surface area contributed by atoms with Gasteiger partial charge in [0.05, 0.1) is 7.11 Å². The number of fused-ring (bicyclic) bond motifs is 1. The van der Waals surface area contributed by atoms with E-state index in [4.69, 9.17) is 16.3 Å². The highest BCUT2D eigenvalue weighted by Crippen LogP contribution is 2.29. The normalized spacial score (nSPS) is 24.4. The van der Waals surface area contributed by atoms with Crippen molar-refractivity contribution >= 4 is 11.6 Å². The molecule has 2 fully saturated rings. The Morgan fingerprint density at radius 1 is 1.25 bits per heavy atom. The van der Waals surface area contributed by atoms with Gasteiger partial charge < -0.3 is 4.74 Å². The van der Waals surface area contributed by atoms with E-state index in [0.29, 0.717) is 0 Å². The third-order valence-electron chi connectivity index (χ3n) is 4.60. The lowest BCUT2D eigenvalue weighted by Crippen LogP contribution is -2.54. The van der Waals surface area contributed by atoms with Crippen molar-refractivity contribution in [3.05, 3.63) is 28.8 Å². The number of halogens is 1. The number of piperidine rings is 1. The van der Waals surface area contributed by atoms with Gasteiger partial charge in [0, 0.05) is 42.8 Å². The maximum absolute atomic E-state index is 6.35. The van der Waals surface area contributed by atoms with Crippen molar-refractivity contribution in [2.75, 3.05) is 33.3 Å². The lowest BCUT2D eigenvalue weighted by molar-refractivity contribution is 0.0453. The zero-order valence-electron chi connectivity index (χ0n) is 12.1. The van der Waals surface area contributed by atoms with Crippen LogP contribution in [0.4, 0.5) is 0 Å². The van der Waals surface area contributed by atoms with E-state index in [1.807, 2.05) is 18.2 Å². The molecule has 2 saturated heterocycles. The molecule has 2 heterocycles. The number of hydrogen-bond donors (Lipinski definition) is 0. The van der Waals surface area contributed by atoms with Crippen LogP contribution in [0.25, 0.3) is 0 Å². The Labute approximate surface area is 126 Å². The van der Waals surface area contributed by atoms with Gasteiger partial charge in [0.15, 0.2) is 0 Å². The topological polar surface area (TPSA) is 15.7 Å². The second kappa shape index (κ2) is 6.33. The molecule has 2 aliphatic heterocycles. The molecule has 3 nitrogen and oxygen atoms in total. The maximum Gasteiger partial charge on any atom is 0.124 e. The molecule has 0 N–H and O–H groups in total. The molecule has 0 spiro atoms. The lowest BCUT2D eigenvalue weighted by Gasteiger charge is -2.44. The minimum absolute atomic E-state index is 0.742. The summed E-state index contributed by atoms with van der Waals surface area (Å²) in [4.78, 5) is 5.18. The van der Waals surface area contributed by atoms with Gasteiger partial charge in [-0.25, -0.2) is 0 Å². The molecule has 4 heteroatoms. The van der Waals surface area contributed by atoms with E-state index in [1.165, 1.54) is 32.4 Å². The minimum Gasteiger partial charge on any atom is -0.496 e.